The van der Waals surface area contributed by atoms with Gasteiger partial charge in [0.1, 0.15) is 18.1 Å². The van der Waals surface area contributed by atoms with Crippen LogP contribution in [0.15, 0.2) is 65.7 Å². The van der Waals surface area contributed by atoms with Crippen molar-refractivity contribution in [3.63, 3.8) is 0 Å². The number of amides is 1. The number of likely N-dealkylation sites (tertiary alicyclic amines) is 1. The highest BCUT2D eigenvalue weighted by molar-refractivity contribution is 7.98. The van der Waals surface area contributed by atoms with Crippen molar-refractivity contribution in [3.05, 3.63) is 72.1 Å². The molecule has 0 unspecified atom stereocenters. The highest BCUT2D eigenvalue weighted by Gasteiger charge is 2.33. The van der Waals surface area contributed by atoms with Gasteiger partial charge in [0, 0.05) is 23.5 Å². The monoisotopic (exact) mass is 380 g/mol. The second-order valence-corrected chi connectivity index (χ2v) is 7.26. The topological polar surface area (TPSA) is 60.2 Å². The molecule has 138 valence electrons. The van der Waals surface area contributed by atoms with Crippen molar-refractivity contribution < 1.29 is 9.53 Å². The van der Waals surface area contributed by atoms with Crippen molar-refractivity contribution in [2.24, 2.45) is 0 Å². The van der Waals surface area contributed by atoms with E-state index in [9.17, 15) is 4.79 Å². The molecule has 0 saturated carbocycles. The van der Waals surface area contributed by atoms with Crippen molar-refractivity contribution in [3.8, 4) is 5.75 Å². The van der Waals surface area contributed by atoms with Gasteiger partial charge in [0.2, 0.25) is 0 Å². The highest BCUT2D eigenvalue weighted by atomic mass is 32.2. The summed E-state index contributed by atoms with van der Waals surface area (Å²) in [4.78, 5) is 15.5. The zero-order valence-electron chi connectivity index (χ0n) is 15.0. The van der Waals surface area contributed by atoms with E-state index in [0.717, 1.165) is 21.9 Å². The Hall–Kier alpha value is -2.80. The molecule has 27 heavy (non-hydrogen) atoms. The lowest BCUT2D eigenvalue weighted by molar-refractivity contribution is 0.0498. The molecule has 3 aromatic rings. The second-order valence-electron chi connectivity index (χ2n) is 6.38. The molecule has 7 heteroatoms. The number of carbonyl (C=O) groups excluding carboxylic acids is 1. The number of para-hydroxylation sites is 1. The van der Waals surface area contributed by atoms with Crippen LogP contribution in [0.4, 0.5) is 0 Å². The molecule has 1 aromatic heterocycles. The van der Waals surface area contributed by atoms with Gasteiger partial charge >= 0.3 is 0 Å². The van der Waals surface area contributed by atoms with Gasteiger partial charge in [0.15, 0.2) is 0 Å². The van der Waals surface area contributed by atoms with Crippen molar-refractivity contribution in [1.29, 1.82) is 0 Å². The summed E-state index contributed by atoms with van der Waals surface area (Å²) in [6.07, 6.45) is 3.91. The van der Waals surface area contributed by atoms with Gasteiger partial charge in [-0.3, -0.25) is 4.79 Å². The van der Waals surface area contributed by atoms with Gasteiger partial charge in [-0.15, -0.1) is 16.9 Å². The van der Waals surface area contributed by atoms with Gasteiger partial charge in [-0.1, -0.05) is 23.4 Å². The first-order valence-corrected chi connectivity index (χ1v) is 9.97. The molecule has 2 aromatic carbocycles. The lowest BCUT2D eigenvalue weighted by atomic mass is 10.1. The summed E-state index contributed by atoms with van der Waals surface area (Å²) in [6.45, 7) is 1.66. The number of hydrogen-bond acceptors (Lipinski definition) is 5. The number of benzene rings is 2. The molecule has 1 aliphatic heterocycles. The molecule has 0 bridgehead atoms. The Morgan fingerprint density at radius 3 is 2.59 bits per heavy atom. The standard InChI is InChI=1S/C20H20N4O2S/c1-27-19-9-7-15(8-10-19)20(25)23-12-17(13-23)24-11-16(21-22-24)14-26-18-5-3-2-4-6-18/h2-11,17H,12-14H2,1H3. The third-order valence-electron chi connectivity index (χ3n) is 4.55. The third-order valence-corrected chi connectivity index (χ3v) is 5.29. The van der Waals surface area contributed by atoms with Crippen LogP contribution in [0.1, 0.15) is 22.1 Å². The van der Waals surface area contributed by atoms with Crippen LogP contribution in [0.25, 0.3) is 0 Å². The minimum Gasteiger partial charge on any atom is -0.487 e. The minimum absolute atomic E-state index is 0.0617. The van der Waals surface area contributed by atoms with Crippen LogP contribution in [0.2, 0.25) is 0 Å². The van der Waals surface area contributed by atoms with Gasteiger partial charge in [-0.25, -0.2) is 4.68 Å². The lowest BCUT2D eigenvalue weighted by Crippen LogP contribution is -2.50. The van der Waals surface area contributed by atoms with E-state index in [0.29, 0.717) is 19.7 Å². The maximum Gasteiger partial charge on any atom is 0.254 e. The predicted octanol–water partition coefficient (Wildman–Crippen LogP) is 3.28. The molecule has 4 rings (SSSR count). The first-order valence-electron chi connectivity index (χ1n) is 8.75. The van der Waals surface area contributed by atoms with Crippen LogP contribution in [-0.2, 0) is 6.61 Å². The Balaban J connectivity index is 1.30. The minimum atomic E-state index is 0.0617. The van der Waals surface area contributed by atoms with Crippen molar-refractivity contribution in [1.82, 2.24) is 19.9 Å². The molecular weight excluding hydrogens is 360 g/mol. The quantitative estimate of drug-likeness (QED) is 0.614. The molecular formula is C20H20N4O2S. The van der Waals surface area contributed by atoms with E-state index in [1.165, 1.54) is 0 Å². The number of thioether (sulfide) groups is 1. The smallest absolute Gasteiger partial charge is 0.254 e. The molecule has 6 nitrogen and oxygen atoms in total. The van der Waals surface area contributed by atoms with Gasteiger partial charge in [0.25, 0.3) is 5.91 Å². The second kappa shape index (κ2) is 7.84. The summed E-state index contributed by atoms with van der Waals surface area (Å²) >= 11 is 1.67. The summed E-state index contributed by atoms with van der Waals surface area (Å²) in [7, 11) is 0. The number of nitrogens with zero attached hydrogens (tertiary/aromatic N) is 4. The fourth-order valence-corrected chi connectivity index (χ4v) is 3.34. The van der Waals surface area contributed by atoms with Crippen molar-refractivity contribution in [2.45, 2.75) is 17.5 Å². The average molecular weight is 380 g/mol. The zero-order valence-corrected chi connectivity index (χ0v) is 15.8. The van der Waals surface area contributed by atoms with Gasteiger partial charge < -0.3 is 9.64 Å². The largest absolute Gasteiger partial charge is 0.487 e. The van der Waals surface area contributed by atoms with Gasteiger partial charge in [0.05, 0.1) is 12.2 Å². The summed E-state index contributed by atoms with van der Waals surface area (Å²) in [5, 5.41) is 8.35. The predicted molar refractivity (Wildman–Crippen MR) is 104 cm³/mol. The number of hydrogen-bond donors (Lipinski definition) is 0. The van der Waals surface area contributed by atoms with E-state index < -0.39 is 0 Å². The lowest BCUT2D eigenvalue weighted by Gasteiger charge is -2.38. The summed E-state index contributed by atoms with van der Waals surface area (Å²) in [5.74, 6) is 0.867. The van der Waals surface area contributed by atoms with Crippen molar-refractivity contribution >= 4 is 17.7 Å². The Labute approximate surface area is 162 Å². The number of rotatable bonds is 6. The highest BCUT2D eigenvalue weighted by Crippen LogP contribution is 2.24. The Bertz CT molecular complexity index is 905. The van der Waals surface area contributed by atoms with E-state index in [1.807, 2.05) is 76.6 Å². The fourth-order valence-electron chi connectivity index (χ4n) is 2.94. The van der Waals surface area contributed by atoms with E-state index >= 15 is 0 Å². The average Bonchev–Trinajstić information content (AvgIpc) is 3.14. The summed E-state index contributed by atoms with van der Waals surface area (Å²) in [6, 6.07) is 17.5. The SMILES string of the molecule is CSc1ccc(C(=O)N2CC(n3cc(COc4ccccc4)nn3)C2)cc1. The van der Waals surface area contributed by atoms with E-state index in [2.05, 4.69) is 10.3 Å². The van der Waals surface area contributed by atoms with E-state index in [1.54, 1.807) is 11.8 Å². The Kier molecular flexibility index (Phi) is 5.11. The first-order chi connectivity index (χ1) is 13.2. The fraction of sp³-hybridized carbons (Fsp3) is 0.250. The van der Waals surface area contributed by atoms with Crippen LogP contribution in [0.3, 0.4) is 0 Å². The molecule has 2 heterocycles. The van der Waals surface area contributed by atoms with E-state index in [4.69, 9.17) is 4.74 Å². The third kappa shape index (κ3) is 3.98. The van der Waals surface area contributed by atoms with E-state index in [-0.39, 0.29) is 11.9 Å². The Morgan fingerprint density at radius 1 is 1.15 bits per heavy atom. The summed E-state index contributed by atoms with van der Waals surface area (Å²) < 4.78 is 7.51. The molecule has 1 saturated heterocycles. The zero-order chi connectivity index (χ0) is 18.6. The normalized spacial score (nSPS) is 14.0. The van der Waals surface area contributed by atoms with Crippen LogP contribution in [0.5, 0.6) is 5.75 Å². The Morgan fingerprint density at radius 2 is 1.89 bits per heavy atom. The maximum absolute atomic E-state index is 12.5. The number of carbonyl (C=O) groups is 1. The molecule has 0 N–H and O–H groups in total. The number of aromatic nitrogens is 3. The molecule has 0 atom stereocenters. The maximum atomic E-state index is 12.5. The van der Waals surface area contributed by atoms with Crippen molar-refractivity contribution in [2.75, 3.05) is 19.3 Å². The van der Waals surface area contributed by atoms with Crippen LogP contribution in [0, 0.1) is 0 Å². The molecule has 1 aliphatic rings. The van der Waals surface area contributed by atoms with Crippen LogP contribution in [-0.4, -0.2) is 45.1 Å². The molecule has 0 aliphatic carbocycles. The molecule has 1 amide bonds. The molecule has 0 spiro atoms. The molecule has 0 radical (unpaired) electrons. The van der Waals surface area contributed by atoms with Crippen LogP contribution >= 0.6 is 11.8 Å². The molecule has 1 fully saturated rings. The summed E-state index contributed by atoms with van der Waals surface area (Å²) in [5.41, 5.74) is 1.50. The van der Waals surface area contributed by atoms with Crippen LogP contribution < -0.4 is 4.74 Å². The number of ether oxygens (including phenoxy) is 1. The van der Waals surface area contributed by atoms with Gasteiger partial charge in [-0.05, 0) is 42.7 Å². The first kappa shape index (κ1) is 17.6. The van der Waals surface area contributed by atoms with Gasteiger partial charge in [-0.2, -0.15) is 0 Å².